The zero-order chi connectivity index (χ0) is 14.1. The molecule has 104 valence electrons. The molecule has 6 heteroatoms. The summed E-state index contributed by atoms with van der Waals surface area (Å²) in [6.07, 6.45) is 2.13. The van der Waals surface area contributed by atoms with Crippen molar-refractivity contribution in [2.24, 2.45) is 7.05 Å². The second-order valence-corrected chi connectivity index (χ2v) is 4.62. The van der Waals surface area contributed by atoms with E-state index in [1.807, 2.05) is 0 Å². The average molecular weight is 275 g/mol. The van der Waals surface area contributed by atoms with Gasteiger partial charge in [0.2, 0.25) is 5.95 Å². The highest BCUT2D eigenvalue weighted by Gasteiger charge is 2.19. The molecule has 20 heavy (non-hydrogen) atoms. The fraction of sp³-hybridized carbons (Fsp3) is 0.286. The molecule has 2 aromatic rings. The Morgan fingerprint density at radius 1 is 1.45 bits per heavy atom. The number of halogens is 1. The van der Waals surface area contributed by atoms with Crippen LogP contribution in [0.25, 0.3) is 0 Å². The van der Waals surface area contributed by atoms with Gasteiger partial charge >= 0.3 is 0 Å². The Kier molecular flexibility index (Phi) is 3.14. The van der Waals surface area contributed by atoms with Crippen LogP contribution in [0.15, 0.2) is 29.2 Å². The molecule has 0 amide bonds. The van der Waals surface area contributed by atoms with Crippen LogP contribution in [0.4, 0.5) is 10.3 Å². The van der Waals surface area contributed by atoms with E-state index in [-0.39, 0.29) is 17.9 Å². The molecule has 1 aromatic heterocycles. The van der Waals surface area contributed by atoms with E-state index in [9.17, 15) is 9.18 Å². The third kappa shape index (κ3) is 2.13. The third-order valence-corrected chi connectivity index (χ3v) is 3.43. The van der Waals surface area contributed by atoms with Crippen LogP contribution >= 0.6 is 0 Å². The van der Waals surface area contributed by atoms with Gasteiger partial charge in [0.1, 0.15) is 11.6 Å². The van der Waals surface area contributed by atoms with Crippen LogP contribution in [-0.2, 0) is 20.0 Å². The predicted octanol–water partition coefficient (Wildman–Crippen LogP) is 1.47. The monoisotopic (exact) mass is 275 g/mol. The van der Waals surface area contributed by atoms with Gasteiger partial charge in [-0.2, -0.15) is 0 Å². The molecule has 1 N–H and O–H groups in total. The van der Waals surface area contributed by atoms with E-state index in [1.54, 1.807) is 13.1 Å². The van der Waals surface area contributed by atoms with Crippen molar-refractivity contribution in [1.29, 1.82) is 0 Å². The molecule has 0 unspecified atom stereocenters. The van der Waals surface area contributed by atoms with E-state index in [0.717, 1.165) is 11.3 Å². The molecule has 0 bridgehead atoms. The van der Waals surface area contributed by atoms with Gasteiger partial charge < -0.3 is 10.1 Å². The topological polar surface area (TPSA) is 56.1 Å². The summed E-state index contributed by atoms with van der Waals surface area (Å²) >= 11 is 0. The largest absolute Gasteiger partial charge is 0.493 e. The van der Waals surface area contributed by atoms with Crippen molar-refractivity contribution in [1.82, 2.24) is 9.55 Å². The molecule has 0 spiro atoms. The van der Waals surface area contributed by atoms with Crippen molar-refractivity contribution >= 4 is 5.95 Å². The lowest BCUT2D eigenvalue weighted by Crippen LogP contribution is -2.21. The minimum Gasteiger partial charge on any atom is -0.493 e. The molecule has 2 heterocycles. The second-order valence-electron chi connectivity index (χ2n) is 4.62. The summed E-state index contributed by atoms with van der Waals surface area (Å²) in [6.45, 7) is 0.844. The van der Waals surface area contributed by atoms with Gasteiger partial charge in [-0.25, -0.2) is 9.37 Å². The van der Waals surface area contributed by atoms with Gasteiger partial charge in [0.25, 0.3) is 5.56 Å². The quantitative estimate of drug-likeness (QED) is 0.921. The molecule has 1 aromatic carbocycles. The molecule has 0 atom stereocenters. The number of benzene rings is 1. The Morgan fingerprint density at radius 3 is 3.15 bits per heavy atom. The van der Waals surface area contributed by atoms with Crippen LogP contribution < -0.4 is 15.6 Å². The maximum atomic E-state index is 13.9. The van der Waals surface area contributed by atoms with Gasteiger partial charge in [-0.1, -0.05) is 0 Å². The van der Waals surface area contributed by atoms with E-state index < -0.39 is 0 Å². The van der Waals surface area contributed by atoms with E-state index in [0.29, 0.717) is 24.5 Å². The number of hydrogen-bond donors (Lipinski definition) is 1. The molecule has 0 aliphatic carbocycles. The van der Waals surface area contributed by atoms with Crippen molar-refractivity contribution < 1.29 is 9.13 Å². The van der Waals surface area contributed by atoms with Gasteiger partial charge in [-0.3, -0.25) is 9.36 Å². The first-order chi connectivity index (χ1) is 9.66. The SMILES string of the molecule is Cn1c(NCc2c(F)ccc3c2CCO3)nccc1=O. The predicted molar refractivity (Wildman–Crippen MR) is 72.4 cm³/mol. The van der Waals surface area contributed by atoms with Crippen LogP contribution in [0.3, 0.4) is 0 Å². The van der Waals surface area contributed by atoms with Crippen molar-refractivity contribution in [3.05, 3.63) is 51.7 Å². The first-order valence-electron chi connectivity index (χ1n) is 6.36. The smallest absolute Gasteiger partial charge is 0.254 e. The Balaban J connectivity index is 1.88. The van der Waals surface area contributed by atoms with E-state index in [1.165, 1.54) is 22.9 Å². The van der Waals surface area contributed by atoms with E-state index in [4.69, 9.17) is 4.74 Å². The normalized spacial score (nSPS) is 12.9. The van der Waals surface area contributed by atoms with Gasteiger partial charge in [0, 0.05) is 43.4 Å². The third-order valence-electron chi connectivity index (χ3n) is 3.43. The van der Waals surface area contributed by atoms with E-state index >= 15 is 0 Å². The summed E-state index contributed by atoms with van der Waals surface area (Å²) in [5, 5.41) is 3.00. The lowest BCUT2D eigenvalue weighted by atomic mass is 10.0. The number of fused-ring (bicyclic) bond motifs is 1. The second kappa shape index (κ2) is 4.96. The number of rotatable bonds is 3. The molecule has 0 saturated carbocycles. The summed E-state index contributed by atoms with van der Waals surface area (Å²) < 4.78 is 20.8. The first kappa shape index (κ1) is 12.7. The molecule has 3 rings (SSSR count). The number of nitrogens with zero attached hydrogens (tertiary/aromatic N) is 2. The number of nitrogens with one attached hydrogen (secondary N) is 1. The van der Waals surface area contributed by atoms with Crippen LogP contribution in [0.5, 0.6) is 5.75 Å². The summed E-state index contributed by atoms with van der Waals surface area (Å²) in [7, 11) is 1.62. The van der Waals surface area contributed by atoms with Crippen molar-refractivity contribution in [3.63, 3.8) is 0 Å². The van der Waals surface area contributed by atoms with Crippen molar-refractivity contribution in [3.8, 4) is 5.75 Å². The number of anilines is 1. The summed E-state index contributed by atoms with van der Waals surface area (Å²) in [5.41, 5.74) is 1.29. The maximum Gasteiger partial charge on any atom is 0.254 e. The van der Waals surface area contributed by atoms with Crippen molar-refractivity contribution in [2.75, 3.05) is 11.9 Å². The average Bonchev–Trinajstić information content (AvgIpc) is 2.90. The van der Waals surface area contributed by atoms with Gasteiger partial charge in [-0.05, 0) is 12.1 Å². The zero-order valence-corrected chi connectivity index (χ0v) is 11.0. The maximum absolute atomic E-state index is 13.9. The number of aromatic nitrogens is 2. The minimum absolute atomic E-state index is 0.162. The highest BCUT2D eigenvalue weighted by atomic mass is 19.1. The number of ether oxygens (including phenoxy) is 1. The lowest BCUT2D eigenvalue weighted by Gasteiger charge is -2.12. The van der Waals surface area contributed by atoms with E-state index in [2.05, 4.69) is 10.3 Å². The fourth-order valence-corrected chi connectivity index (χ4v) is 2.31. The van der Waals surface area contributed by atoms with Gasteiger partial charge in [-0.15, -0.1) is 0 Å². The molecule has 0 saturated heterocycles. The van der Waals surface area contributed by atoms with Crippen LogP contribution in [0.2, 0.25) is 0 Å². The van der Waals surface area contributed by atoms with Crippen molar-refractivity contribution in [2.45, 2.75) is 13.0 Å². The first-order valence-corrected chi connectivity index (χ1v) is 6.36. The lowest BCUT2D eigenvalue weighted by molar-refractivity contribution is 0.356. The molecule has 1 aliphatic rings. The molecule has 5 nitrogen and oxygen atoms in total. The highest BCUT2D eigenvalue weighted by Crippen LogP contribution is 2.30. The molecule has 0 radical (unpaired) electrons. The van der Waals surface area contributed by atoms with Gasteiger partial charge in [0.05, 0.1) is 6.61 Å². The molecule has 1 aliphatic heterocycles. The standard InChI is InChI=1S/C14H14FN3O2/c1-18-13(19)4-6-16-14(18)17-8-10-9-5-7-20-12(9)3-2-11(10)15/h2-4,6H,5,7-8H2,1H3,(H,16,17). The van der Waals surface area contributed by atoms with Crippen LogP contribution in [0, 0.1) is 5.82 Å². The minimum atomic E-state index is -0.275. The Morgan fingerprint density at radius 2 is 2.30 bits per heavy atom. The zero-order valence-electron chi connectivity index (χ0n) is 11.0. The Hall–Kier alpha value is -2.37. The summed E-state index contributed by atoms with van der Waals surface area (Å²) in [6, 6.07) is 4.43. The van der Waals surface area contributed by atoms with Crippen LogP contribution in [-0.4, -0.2) is 16.2 Å². The Bertz CT molecular complexity index is 712. The summed E-state index contributed by atoms with van der Waals surface area (Å²) in [4.78, 5) is 15.6. The molecule has 0 fully saturated rings. The van der Waals surface area contributed by atoms with Crippen LogP contribution in [0.1, 0.15) is 11.1 Å². The fourth-order valence-electron chi connectivity index (χ4n) is 2.31. The highest BCUT2D eigenvalue weighted by molar-refractivity contribution is 5.45. The molecular weight excluding hydrogens is 261 g/mol. The van der Waals surface area contributed by atoms with Gasteiger partial charge in [0.15, 0.2) is 0 Å². The summed E-state index contributed by atoms with van der Waals surface area (Å²) in [5.74, 6) is 0.870. The Labute approximate surface area is 115 Å². The number of hydrogen-bond acceptors (Lipinski definition) is 4. The molecular formula is C14H14FN3O2.